The van der Waals surface area contributed by atoms with Gasteiger partial charge in [0.05, 0.1) is 25.1 Å². The molecule has 0 aromatic carbocycles. The van der Waals surface area contributed by atoms with Crippen molar-refractivity contribution >= 4 is 23.7 Å². The number of H-pyrrole nitrogens is 1. The quantitative estimate of drug-likeness (QED) is 0.163. The molecular formula is C18H30N6O7. The van der Waals surface area contributed by atoms with E-state index in [0.29, 0.717) is 5.69 Å². The predicted octanol–water partition coefficient (Wildman–Crippen LogP) is -3.15. The van der Waals surface area contributed by atoms with E-state index in [-0.39, 0.29) is 6.42 Å². The van der Waals surface area contributed by atoms with Gasteiger partial charge in [-0.25, -0.2) is 9.78 Å². The molecule has 0 bridgehead atoms. The van der Waals surface area contributed by atoms with Crippen molar-refractivity contribution in [1.82, 2.24) is 25.9 Å². The lowest BCUT2D eigenvalue weighted by molar-refractivity contribution is -0.145. The monoisotopic (exact) mass is 442 g/mol. The molecule has 5 atom stereocenters. The van der Waals surface area contributed by atoms with Gasteiger partial charge >= 0.3 is 5.97 Å². The van der Waals surface area contributed by atoms with E-state index in [0.717, 1.165) is 0 Å². The van der Waals surface area contributed by atoms with Crippen LogP contribution in [0.1, 0.15) is 26.5 Å². The maximum Gasteiger partial charge on any atom is 0.328 e. The second-order valence-corrected chi connectivity index (χ2v) is 7.43. The fourth-order valence-electron chi connectivity index (χ4n) is 2.62. The number of hydrogen-bond acceptors (Lipinski definition) is 8. The van der Waals surface area contributed by atoms with Crippen LogP contribution in [0.4, 0.5) is 0 Å². The van der Waals surface area contributed by atoms with Crippen LogP contribution in [0.5, 0.6) is 0 Å². The van der Waals surface area contributed by atoms with Gasteiger partial charge in [0.15, 0.2) is 6.04 Å². The highest BCUT2D eigenvalue weighted by molar-refractivity contribution is 5.94. The van der Waals surface area contributed by atoms with Gasteiger partial charge in [0.25, 0.3) is 0 Å². The molecule has 13 nitrogen and oxygen atoms in total. The topological polar surface area (TPSA) is 220 Å². The van der Waals surface area contributed by atoms with Gasteiger partial charge < -0.3 is 42.0 Å². The standard InChI is InChI=1S/C18H30N6O7/c1-8(2)13(23-15(27)11(19)4-10-5-20-7-21-10)17(29)22-12(6-25)16(28)24-14(9(3)26)18(30)31/h5,7-9,11-14,25-26H,4,6,19H2,1-3H3,(H,20,21)(H,22,29)(H,23,27)(H,24,28)(H,30,31). The van der Waals surface area contributed by atoms with E-state index < -0.39 is 66.5 Å². The highest BCUT2D eigenvalue weighted by Crippen LogP contribution is 2.05. The molecule has 0 spiro atoms. The van der Waals surface area contributed by atoms with Crippen LogP contribution < -0.4 is 21.7 Å². The summed E-state index contributed by atoms with van der Waals surface area (Å²) in [6.07, 6.45) is 1.71. The number of nitrogens with zero attached hydrogens (tertiary/aromatic N) is 1. The Morgan fingerprint density at radius 2 is 1.68 bits per heavy atom. The highest BCUT2D eigenvalue weighted by Gasteiger charge is 2.32. The summed E-state index contributed by atoms with van der Waals surface area (Å²) >= 11 is 0. The molecule has 0 aliphatic rings. The second kappa shape index (κ2) is 12.0. The lowest BCUT2D eigenvalue weighted by atomic mass is 10.0. The smallest absolute Gasteiger partial charge is 0.328 e. The van der Waals surface area contributed by atoms with Crippen LogP contribution in [0.3, 0.4) is 0 Å². The van der Waals surface area contributed by atoms with Gasteiger partial charge in [-0.15, -0.1) is 0 Å². The minimum atomic E-state index is -1.63. The molecule has 9 N–H and O–H groups in total. The molecule has 13 heteroatoms. The van der Waals surface area contributed by atoms with Crippen LogP contribution >= 0.6 is 0 Å². The van der Waals surface area contributed by atoms with Gasteiger partial charge in [-0.05, 0) is 12.8 Å². The Kier molecular flexibility index (Phi) is 10.0. The van der Waals surface area contributed by atoms with E-state index in [2.05, 4.69) is 20.6 Å². The van der Waals surface area contributed by atoms with Gasteiger partial charge in [-0.2, -0.15) is 0 Å². The van der Waals surface area contributed by atoms with Crippen LogP contribution in [-0.4, -0.2) is 85.9 Å². The van der Waals surface area contributed by atoms with Crippen LogP contribution in [0.15, 0.2) is 12.5 Å². The number of aromatic amines is 1. The molecule has 0 saturated heterocycles. The first kappa shape index (κ1) is 26.0. The molecule has 0 aliphatic carbocycles. The van der Waals surface area contributed by atoms with Crippen molar-refractivity contribution in [2.75, 3.05) is 6.61 Å². The fourth-order valence-corrected chi connectivity index (χ4v) is 2.62. The summed E-state index contributed by atoms with van der Waals surface area (Å²) in [7, 11) is 0. The summed E-state index contributed by atoms with van der Waals surface area (Å²) in [5.41, 5.74) is 6.50. The number of aliphatic carboxylic acids is 1. The first-order valence-corrected chi connectivity index (χ1v) is 9.63. The number of carboxylic acids is 1. The number of aromatic nitrogens is 2. The summed E-state index contributed by atoms with van der Waals surface area (Å²) < 4.78 is 0. The molecule has 1 aromatic heterocycles. The Morgan fingerprint density at radius 3 is 2.13 bits per heavy atom. The number of carbonyl (C=O) groups excluding carboxylic acids is 3. The maximum absolute atomic E-state index is 12.6. The van der Waals surface area contributed by atoms with Crippen molar-refractivity contribution in [3.8, 4) is 0 Å². The minimum Gasteiger partial charge on any atom is -0.480 e. The van der Waals surface area contributed by atoms with E-state index in [1.54, 1.807) is 13.8 Å². The zero-order valence-electron chi connectivity index (χ0n) is 17.5. The Hall–Kier alpha value is -3.03. The van der Waals surface area contributed by atoms with Crippen molar-refractivity contribution in [3.05, 3.63) is 18.2 Å². The van der Waals surface area contributed by atoms with Gasteiger partial charge in [0.2, 0.25) is 17.7 Å². The number of hydrogen-bond donors (Lipinski definition) is 8. The number of carbonyl (C=O) groups is 4. The Morgan fingerprint density at radius 1 is 1.06 bits per heavy atom. The highest BCUT2D eigenvalue weighted by atomic mass is 16.4. The summed E-state index contributed by atoms with van der Waals surface area (Å²) in [6, 6.07) is -5.16. The first-order chi connectivity index (χ1) is 14.5. The number of nitrogens with one attached hydrogen (secondary N) is 4. The molecule has 5 unspecified atom stereocenters. The summed E-state index contributed by atoms with van der Waals surface area (Å²) in [4.78, 5) is 55.1. The Bertz CT molecular complexity index is 753. The average Bonchev–Trinajstić information content (AvgIpc) is 3.19. The molecule has 0 saturated carbocycles. The van der Waals surface area contributed by atoms with Crippen molar-refractivity contribution in [2.24, 2.45) is 11.7 Å². The Balaban J connectivity index is 2.78. The maximum atomic E-state index is 12.6. The van der Waals surface area contributed by atoms with E-state index >= 15 is 0 Å². The van der Waals surface area contributed by atoms with Gasteiger partial charge in [-0.3, -0.25) is 14.4 Å². The van der Waals surface area contributed by atoms with Crippen molar-refractivity contribution in [3.63, 3.8) is 0 Å². The lowest BCUT2D eigenvalue weighted by Gasteiger charge is -2.26. The molecule has 174 valence electrons. The lowest BCUT2D eigenvalue weighted by Crippen LogP contribution is -2.60. The van der Waals surface area contributed by atoms with Gasteiger partial charge in [0.1, 0.15) is 12.1 Å². The molecule has 0 aliphatic heterocycles. The summed E-state index contributed by atoms with van der Waals surface area (Å²) in [5.74, 6) is -4.25. The molecule has 1 aromatic rings. The van der Waals surface area contributed by atoms with Crippen molar-refractivity contribution in [1.29, 1.82) is 0 Å². The summed E-state index contributed by atoms with van der Waals surface area (Å²) in [5, 5.41) is 34.8. The molecule has 31 heavy (non-hydrogen) atoms. The molecule has 3 amide bonds. The van der Waals surface area contributed by atoms with E-state index in [9.17, 15) is 29.4 Å². The number of amides is 3. The van der Waals surface area contributed by atoms with Crippen LogP contribution in [0.2, 0.25) is 0 Å². The summed E-state index contributed by atoms with van der Waals surface area (Å²) in [6.45, 7) is 3.66. The molecular weight excluding hydrogens is 412 g/mol. The zero-order valence-corrected chi connectivity index (χ0v) is 17.5. The second-order valence-electron chi connectivity index (χ2n) is 7.43. The predicted molar refractivity (Wildman–Crippen MR) is 107 cm³/mol. The van der Waals surface area contributed by atoms with E-state index in [1.807, 2.05) is 5.32 Å². The third kappa shape index (κ3) is 7.96. The number of aliphatic hydroxyl groups is 2. The number of nitrogens with two attached hydrogens (primary N) is 1. The zero-order chi connectivity index (χ0) is 23.7. The van der Waals surface area contributed by atoms with Gasteiger partial charge in [-0.1, -0.05) is 13.8 Å². The van der Waals surface area contributed by atoms with Gasteiger partial charge in [0, 0.05) is 18.3 Å². The van der Waals surface area contributed by atoms with Crippen molar-refractivity contribution < 1.29 is 34.5 Å². The van der Waals surface area contributed by atoms with Crippen LogP contribution in [0, 0.1) is 5.92 Å². The number of rotatable bonds is 12. The van der Waals surface area contributed by atoms with E-state index in [4.69, 9.17) is 10.8 Å². The fraction of sp³-hybridized carbons (Fsp3) is 0.611. The molecule has 0 fully saturated rings. The number of carboxylic acid groups (broad SMARTS) is 1. The molecule has 0 radical (unpaired) electrons. The van der Waals surface area contributed by atoms with Crippen LogP contribution in [-0.2, 0) is 25.6 Å². The largest absolute Gasteiger partial charge is 0.480 e. The number of aliphatic hydroxyl groups excluding tert-OH is 2. The van der Waals surface area contributed by atoms with Crippen LogP contribution in [0.25, 0.3) is 0 Å². The normalized spacial score (nSPS) is 16.0. The minimum absolute atomic E-state index is 0.163. The number of imidazole rings is 1. The first-order valence-electron chi connectivity index (χ1n) is 9.63. The average molecular weight is 442 g/mol. The van der Waals surface area contributed by atoms with E-state index in [1.165, 1.54) is 19.4 Å². The molecule has 1 rings (SSSR count). The van der Waals surface area contributed by atoms with Crippen molar-refractivity contribution in [2.45, 2.75) is 57.5 Å². The SMILES string of the molecule is CC(C)C(NC(=O)C(N)Cc1cnc[nH]1)C(=O)NC(CO)C(=O)NC(C(=O)O)C(C)O. The third-order valence-corrected chi connectivity index (χ3v) is 4.44. The Labute approximate surface area is 178 Å². The molecule has 1 heterocycles. The third-order valence-electron chi connectivity index (χ3n) is 4.44.